The molecule has 1 saturated carbocycles. The maximum absolute atomic E-state index is 12.9. The monoisotopic (exact) mass is 491 g/mol. The number of rotatable bonds is 6. The van der Waals surface area contributed by atoms with E-state index in [1.165, 1.54) is 11.3 Å². The summed E-state index contributed by atoms with van der Waals surface area (Å²) in [6.07, 6.45) is 2.39. The second-order valence-corrected chi connectivity index (χ2v) is 10.8. The Balaban J connectivity index is 1.50. The fourth-order valence-corrected chi connectivity index (χ4v) is 4.66. The van der Waals surface area contributed by atoms with Crippen LogP contribution in [0.25, 0.3) is 0 Å². The van der Waals surface area contributed by atoms with Crippen LogP contribution in [0.5, 0.6) is 0 Å². The summed E-state index contributed by atoms with van der Waals surface area (Å²) in [7, 11) is 0. The Hall–Kier alpha value is -2.58. The van der Waals surface area contributed by atoms with E-state index in [4.69, 9.17) is 16.3 Å². The van der Waals surface area contributed by atoms with Crippen molar-refractivity contribution in [2.45, 2.75) is 64.6 Å². The van der Waals surface area contributed by atoms with Gasteiger partial charge in [0.25, 0.3) is 5.91 Å². The summed E-state index contributed by atoms with van der Waals surface area (Å²) in [6.45, 7) is 5.77. The zero-order chi connectivity index (χ0) is 24.0. The van der Waals surface area contributed by atoms with Crippen LogP contribution in [0.2, 0.25) is 4.34 Å². The van der Waals surface area contributed by atoms with Crippen LogP contribution in [0.15, 0.2) is 36.4 Å². The normalized spacial score (nSPS) is 18.3. The number of ether oxygens (including phenoxy) is 1. The molecular weight excluding hydrogens is 462 g/mol. The Kier molecular flexibility index (Phi) is 8.37. The molecule has 1 aliphatic carbocycles. The molecule has 0 atom stereocenters. The highest BCUT2D eigenvalue weighted by Crippen LogP contribution is 2.27. The number of carbonyl (C=O) groups excluding carboxylic acids is 3. The predicted molar refractivity (Wildman–Crippen MR) is 131 cm³/mol. The van der Waals surface area contributed by atoms with Gasteiger partial charge in [0.2, 0.25) is 5.91 Å². The maximum atomic E-state index is 12.9. The maximum Gasteiger partial charge on any atom is 0.407 e. The van der Waals surface area contributed by atoms with Crippen LogP contribution in [0.3, 0.4) is 0 Å². The largest absolute Gasteiger partial charge is 0.444 e. The molecule has 0 spiro atoms. The van der Waals surface area contributed by atoms with E-state index in [0.29, 0.717) is 27.7 Å². The zero-order valence-electron chi connectivity index (χ0n) is 19.1. The first-order valence-corrected chi connectivity index (χ1v) is 12.2. The number of anilines is 1. The number of para-hydroxylation sites is 1. The van der Waals surface area contributed by atoms with Crippen LogP contribution < -0.4 is 16.0 Å². The first-order valence-electron chi connectivity index (χ1n) is 11.0. The number of carbonyl (C=O) groups is 3. The van der Waals surface area contributed by atoms with Gasteiger partial charge in [0.15, 0.2) is 0 Å². The van der Waals surface area contributed by atoms with Crippen molar-refractivity contribution < 1.29 is 19.1 Å². The van der Waals surface area contributed by atoms with E-state index in [2.05, 4.69) is 16.0 Å². The van der Waals surface area contributed by atoms with Crippen molar-refractivity contribution in [2.24, 2.45) is 5.92 Å². The molecule has 1 aromatic carbocycles. The van der Waals surface area contributed by atoms with Crippen molar-refractivity contribution in [3.05, 3.63) is 51.2 Å². The predicted octanol–water partition coefficient (Wildman–Crippen LogP) is 5.35. The van der Waals surface area contributed by atoms with E-state index in [1.807, 2.05) is 45.0 Å². The molecular formula is C24H30ClN3O4S. The molecule has 9 heteroatoms. The van der Waals surface area contributed by atoms with Crippen molar-refractivity contribution in [3.8, 4) is 0 Å². The Labute approximate surface area is 203 Å². The van der Waals surface area contributed by atoms with E-state index in [0.717, 1.165) is 18.4 Å². The molecule has 0 aliphatic heterocycles. The lowest BCUT2D eigenvalue weighted by Crippen LogP contribution is -2.42. The van der Waals surface area contributed by atoms with Gasteiger partial charge in [0.05, 0.1) is 9.21 Å². The molecule has 178 valence electrons. The average Bonchev–Trinajstić information content (AvgIpc) is 3.18. The minimum atomic E-state index is -0.537. The van der Waals surface area contributed by atoms with Gasteiger partial charge in [-0.05, 0) is 70.2 Å². The first-order chi connectivity index (χ1) is 15.6. The number of hydrogen-bond acceptors (Lipinski definition) is 5. The van der Waals surface area contributed by atoms with E-state index >= 15 is 0 Å². The van der Waals surface area contributed by atoms with Gasteiger partial charge in [-0.25, -0.2) is 4.79 Å². The Morgan fingerprint density at radius 2 is 1.76 bits per heavy atom. The molecule has 3 rings (SSSR count). The first kappa shape index (κ1) is 25.1. The third-order valence-electron chi connectivity index (χ3n) is 5.33. The van der Waals surface area contributed by atoms with Crippen LogP contribution in [0.1, 0.15) is 61.7 Å². The molecule has 3 amide bonds. The van der Waals surface area contributed by atoms with Crippen molar-refractivity contribution in [1.29, 1.82) is 0 Å². The molecule has 33 heavy (non-hydrogen) atoms. The van der Waals surface area contributed by atoms with E-state index < -0.39 is 11.7 Å². The quantitative estimate of drug-likeness (QED) is 0.507. The lowest BCUT2D eigenvalue weighted by atomic mass is 9.85. The van der Waals surface area contributed by atoms with Gasteiger partial charge in [-0.1, -0.05) is 29.8 Å². The van der Waals surface area contributed by atoms with E-state index in [-0.39, 0.29) is 30.3 Å². The van der Waals surface area contributed by atoms with E-state index in [1.54, 1.807) is 12.1 Å². The van der Waals surface area contributed by atoms with Gasteiger partial charge in [-0.15, -0.1) is 11.3 Å². The highest BCUT2D eigenvalue weighted by molar-refractivity contribution is 7.17. The molecule has 1 fully saturated rings. The molecule has 1 heterocycles. The number of benzene rings is 1. The van der Waals surface area contributed by atoms with E-state index in [9.17, 15) is 14.4 Å². The summed E-state index contributed by atoms with van der Waals surface area (Å²) in [4.78, 5) is 37.7. The summed E-state index contributed by atoms with van der Waals surface area (Å²) >= 11 is 7.12. The summed E-state index contributed by atoms with van der Waals surface area (Å²) in [6, 6.07) is 10.8. The molecule has 0 bridgehead atoms. The minimum Gasteiger partial charge on any atom is -0.444 e. The topological polar surface area (TPSA) is 96.5 Å². The second-order valence-electron chi connectivity index (χ2n) is 9.13. The summed E-state index contributed by atoms with van der Waals surface area (Å²) in [5.74, 6) is -0.379. The minimum absolute atomic E-state index is 0.0113. The highest BCUT2D eigenvalue weighted by Gasteiger charge is 2.28. The van der Waals surface area contributed by atoms with Gasteiger partial charge in [-0.3, -0.25) is 9.59 Å². The number of halogens is 1. The second kappa shape index (κ2) is 11.0. The fraction of sp³-hybridized carbons (Fsp3) is 0.458. The molecule has 7 nitrogen and oxygen atoms in total. The third-order valence-corrected chi connectivity index (χ3v) is 6.56. The van der Waals surface area contributed by atoms with Crippen LogP contribution in [-0.4, -0.2) is 29.6 Å². The molecule has 3 N–H and O–H groups in total. The number of amides is 3. The number of nitrogens with one attached hydrogen (secondary N) is 3. The number of thiophene rings is 1. The van der Waals surface area contributed by atoms with Crippen LogP contribution >= 0.6 is 22.9 Å². The number of alkyl carbamates (subject to hydrolysis) is 1. The Morgan fingerprint density at radius 1 is 1.06 bits per heavy atom. The van der Waals surface area contributed by atoms with Crippen molar-refractivity contribution in [3.63, 3.8) is 0 Å². The third kappa shape index (κ3) is 7.75. The van der Waals surface area contributed by atoms with Crippen molar-refractivity contribution in [1.82, 2.24) is 10.6 Å². The molecule has 0 radical (unpaired) electrons. The highest BCUT2D eigenvalue weighted by atomic mass is 35.5. The molecule has 1 aliphatic rings. The summed E-state index contributed by atoms with van der Waals surface area (Å²) in [5, 5.41) is 8.78. The smallest absolute Gasteiger partial charge is 0.407 e. The van der Waals surface area contributed by atoms with Gasteiger partial charge >= 0.3 is 6.09 Å². The SMILES string of the molecule is CC(C)(C)OC(=O)NC1CCC(C(=O)Nc2ccccc2CNC(=O)c2ccc(Cl)s2)CC1. The summed E-state index contributed by atoms with van der Waals surface area (Å²) in [5.41, 5.74) is 0.966. The Morgan fingerprint density at radius 3 is 2.39 bits per heavy atom. The lowest BCUT2D eigenvalue weighted by molar-refractivity contribution is -0.120. The van der Waals surface area contributed by atoms with Crippen LogP contribution in [0.4, 0.5) is 10.5 Å². The van der Waals surface area contributed by atoms with Gasteiger partial charge in [-0.2, -0.15) is 0 Å². The zero-order valence-corrected chi connectivity index (χ0v) is 20.6. The molecule has 2 aromatic rings. The Bertz CT molecular complexity index is 994. The molecule has 0 saturated heterocycles. The van der Waals surface area contributed by atoms with Crippen molar-refractivity contribution >= 4 is 46.5 Å². The fourth-order valence-electron chi connectivity index (χ4n) is 3.70. The van der Waals surface area contributed by atoms with Gasteiger partial charge in [0, 0.05) is 24.2 Å². The lowest BCUT2D eigenvalue weighted by Gasteiger charge is -2.29. The van der Waals surface area contributed by atoms with Gasteiger partial charge < -0.3 is 20.7 Å². The summed E-state index contributed by atoms with van der Waals surface area (Å²) < 4.78 is 5.87. The average molecular weight is 492 g/mol. The van der Waals surface area contributed by atoms with Crippen molar-refractivity contribution in [2.75, 3.05) is 5.32 Å². The van der Waals surface area contributed by atoms with Crippen LogP contribution in [0, 0.1) is 5.92 Å². The molecule has 1 aromatic heterocycles. The van der Waals surface area contributed by atoms with Crippen LogP contribution in [-0.2, 0) is 16.1 Å². The standard InChI is InChI=1S/C24H30ClN3O4S/c1-24(2,3)32-23(31)27-17-10-8-15(9-11-17)21(29)28-18-7-5-4-6-16(18)14-26-22(30)19-12-13-20(25)33-19/h4-7,12-13,15,17H,8-11,14H2,1-3H3,(H,26,30)(H,27,31)(H,28,29). The molecule has 0 unspecified atom stereocenters. The number of hydrogen-bond donors (Lipinski definition) is 3. The van der Waals surface area contributed by atoms with Gasteiger partial charge in [0.1, 0.15) is 5.60 Å².